The molecule has 4 rings (SSSR count). The molecular weight excluding hydrogens is 392 g/mol. The SMILES string of the molecule is CN(Cc1ccc(F)cc1)C(=S)N1CCC2(CC1)CC(=O)c1ccccc1N2F. The second kappa shape index (κ2) is 7.71. The molecule has 0 bridgehead atoms. The van der Waals surface area contributed by atoms with Crippen molar-refractivity contribution < 1.29 is 13.7 Å². The van der Waals surface area contributed by atoms with E-state index in [1.165, 1.54) is 12.1 Å². The van der Waals surface area contributed by atoms with Crippen molar-refractivity contribution in [1.82, 2.24) is 9.80 Å². The van der Waals surface area contributed by atoms with E-state index in [0.717, 1.165) is 10.7 Å². The third-order valence-corrected chi connectivity index (χ3v) is 6.52. The average Bonchev–Trinajstić information content (AvgIpc) is 2.74. The molecule has 0 radical (unpaired) electrons. The minimum atomic E-state index is -0.799. The van der Waals surface area contributed by atoms with Gasteiger partial charge in [0.25, 0.3) is 0 Å². The van der Waals surface area contributed by atoms with Crippen molar-refractivity contribution in [3.63, 3.8) is 0 Å². The predicted octanol–water partition coefficient (Wildman–Crippen LogP) is 4.35. The normalized spacial score (nSPS) is 18.0. The fourth-order valence-electron chi connectivity index (χ4n) is 4.26. The first-order valence-electron chi connectivity index (χ1n) is 9.72. The molecule has 2 aliphatic heterocycles. The fourth-order valence-corrected chi connectivity index (χ4v) is 4.51. The van der Waals surface area contributed by atoms with Gasteiger partial charge in [-0.2, -0.15) is 0 Å². The fraction of sp³-hybridized carbons (Fsp3) is 0.364. The predicted molar refractivity (Wildman–Crippen MR) is 113 cm³/mol. The topological polar surface area (TPSA) is 26.8 Å². The minimum absolute atomic E-state index is 0.000968. The molecule has 1 saturated heterocycles. The monoisotopic (exact) mass is 415 g/mol. The number of nitrogens with zero attached hydrogens (tertiary/aromatic N) is 3. The average molecular weight is 416 g/mol. The van der Waals surface area contributed by atoms with Gasteiger partial charge >= 0.3 is 0 Å². The van der Waals surface area contributed by atoms with Gasteiger partial charge in [0.15, 0.2) is 10.9 Å². The van der Waals surface area contributed by atoms with Gasteiger partial charge in [-0.15, -0.1) is 0 Å². The Labute approximate surface area is 174 Å². The van der Waals surface area contributed by atoms with Gasteiger partial charge in [-0.25, -0.2) is 9.51 Å². The molecule has 0 saturated carbocycles. The molecule has 0 amide bonds. The van der Waals surface area contributed by atoms with Crippen LogP contribution in [-0.4, -0.2) is 46.4 Å². The van der Waals surface area contributed by atoms with Crippen LogP contribution in [0.25, 0.3) is 0 Å². The molecular formula is C22H23F2N3OS. The van der Waals surface area contributed by atoms with Crippen LogP contribution in [0.5, 0.6) is 0 Å². The number of anilines is 1. The van der Waals surface area contributed by atoms with Gasteiger partial charge < -0.3 is 9.80 Å². The number of ketones is 1. The first-order valence-corrected chi connectivity index (χ1v) is 10.1. The van der Waals surface area contributed by atoms with Crippen molar-refractivity contribution in [2.45, 2.75) is 31.3 Å². The van der Waals surface area contributed by atoms with Crippen LogP contribution >= 0.6 is 12.2 Å². The summed E-state index contributed by atoms with van der Waals surface area (Å²) in [5.74, 6) is -0.265. The summed E-state index contributed by atoms with van der Waals surface area (Å²) in [6, 6.07) is 13.2. The second-order valence-electron chi connectivity index (χ2n) is 7.87. The number of Topliss-reactive ketones (excluding diaryl/α,β-unsaturated/α-hetero) is 1. The number of thiocarbonyl (C=S) groups is 1. The van der Waals surface area contributed by atoms with Crippen LogP contribution in [0, 0.1) is 5.82 Å². The number of hydrogen-bond donors (Lipinski definition) is 0. The van der Waals surface area contributed by atoms with Crippen molar-refractivity contribution in [2.75, 3.05) is 25.3 Å². The summed E-state index contributed by atoms with van der Waals surface area (Å²) in [5, 5.41) is 1.49. The maximum Gasteiger partial charge on any atom is 0.171 e. The molecule has 1 spiro atoms. The maximum absolute atomic E-state index is 15.3. The summed E-state index contributed by atoms with van der Waals surface area (Å²) in [6.07, 6.45) is 1.23. The van der Waals surface area contributed by atoms with E-state index in [-0.39, 0.29) is 18.0 Å². The molecule has 0 atom stereocenters. The molecule has 1 fully saturated rings. The molecule has 0 aromatic heterocycles. The van der Waals surface area contributed by atoms with E-state index >= 15 is 4.48 Å². The first kappa shape index (κ1) is 19.8. The number of rotatable bonds is 2. The minimum Gasteiger partial charge on any atom is -0.349 e. The van der Waals surface area contributed by atoms with E-state index in [9.17, 15) is 9.18 Å². The number of para-hydroxylation sites is 1. The lowest BCUT2D eigenvalue weighted by atomic mass is 9.78. The number of fused-ring (bicyclic) bond motifs is 1. The lowest BCUT2D eigenvalue weighted by molar-refractivity contribution is 0.0827. The van der Waals surface area contributed by atoms with Crippen molar-refractivity contribution in [3.05, 3.63) is 65.5 Å². The van der Waals surface area contributed by atoms with Crippen LogP contribution in [0.3, 0.4) is 0 Å². The van der Waals surface area contributed by atoms with Crippen LogP contribution in [0.1, 0.15) is 35.2 Å². The van der Waals surface area contributed by atoms with Gasteiger partial charge in [0, 0.05) is 38.7 Å². The maximum atomic E-state index is 15.3. The van der Waals surface area contributed by atoms with Crippen LogP contribution < -0.4 is 5.12 Å². The van der Waals surface area contributed by atoms with E-state index in [0.29, 0.717) is 48.8 Å². The second-order valence-corrected chi connectivity index (χ2v) is 8.24. The van der Waals surface area contributed by atoms with Crippen molar-refractivity contribution in [3.8, 4) is 0 Å². The van der Waals surface area contributed by atoms with Crippen molar-refractivity contribution in [1.29, 1.82) is 0 Å². The quantitative estimate of drug-likeness (QED) is 0.537. The Kier molecular flexibility index (Phi) is 5.25. The third kappa shape index (κ3) is 3.71. The highest BCUT2D eigenvalue weighted by molar-refractivity contribution is 7.80. The summed E-state index contributed by atoms with van der Waals surface area (Å²) in [6.45, 7) is 1.74. The number of piperidine rings is 1. The van der Waals surface area contributed by atoms with Crippen LogP contribution in [0.15, 0.2) is 48.5 Å². The van der Waals surface area contributed by atoms with E-state index < -0.39 is 5.54 Å². The number of benzene rings is 2. The molecule has 2 aliphatic rings. The lowest BCUT2D eigenvalue weighted by Gasteiger charge is -2.48. The summed E-state index contributed by atoms with van der Waals surface area (Å²) in [4.78, 5) is 16.6. The Morgan fingerprint density at radius 1 is 1.14 bits per heavy atom. The Bertz CT molecular complexity index is 926. The zero-order valence-corrected chi connectivity index (χ0v) is 17.1. The number of carbonyl (C=O) groups is 1. The van der Waals surface area contributed by atoms with Gasteiger partial charge in [-0.3, -0.25) is 4.79 Å². The summed E-state index contributed by atoms with van der Waals surface area (Å²) < 4.78 is 28.4. The standard InChI is InChI=1S/C22H23F2N3OS/c1-25(15-16-6-8-17(23)9-7-16)21(29)26-12-10-22(11-13-26)14-20(28)18-4-2-3-5-19(18)27(22)24/h2-9H,10-15H2,1H3. The number of likely N-dealkylation sites (tertiary alicyclic amines) is 1. The molecule has 7 heteroatoms. The largest absolute Gasteiger partial charge is 0.349 e. The van der Waals surface area contributed by atoms with Crippen molar-refractivity contribution in [2.24, 2.45) is 0 Å². The lowest BCUT2D eigenvalue weighted by Crippen LogP contribution is -2.57. The third-order valence-electron chi connectivity index (χ3n) is 5.95. The van der Waals surface area contributed by atoms with E-state index in [2.05, 4.69) is 4.90 Å². The summed E-state index contributed by atoms with van der Waals surface area (Å²) in [7, 11) is 1.90. The van der Waals surface area contributed by atoms with Crippen LogP contribution in [-0.2, 0) is 6.54 Å². The Morgan fingerprint density at radius 2 is 1.79 bits per heavy atom. The zero-order chi connectivity index (χ0) is 20.6. The van der Waals surface area contributed by atoms with Gasteiger partial charge in [-0.05, 0) is 54.9 Å². The summed E-state index contributed by atoms with van der Waals surface area (Å²) >= 11 is 5.63. The highest BCUT2D eigenvalue weighted by Crippen LogP contribution is 2.43. The molecule has 0 aliphatic carbocycles. The Balaban J connectivity index is 1.42. The van der Waals surface area contributed by atoms with Crippen LogP contribution in [0.2, 0.25) is 0 Å². The molecule has 2 heterocycles. The number of carbonyl (C=O) groups excluding carboxylic acids is 1. The van der Waals surface area contributed by atoms with E-state index in [1.54, 1.807) is 36.4 Å². The van der Waals surface area contributed by atoms with E-state index in [1.807, 2.05) is 11.9 Å². The summed E-state index contributed by atoms with van der Waals surface area (Å²) in [5.41, 5.74) is 0.993. The van der Waals surface area contributed by atoms with Gasteiger partial charge in [0.1, 0.15) is 5.82 Å². The molecule has 0 unspecified atom stereocenters. The zero-order valence-electron chi connectivity index (χ0n) is 16.3. The molecule has 152 valence electrons. The molecule has 4 nitrogen and oxygen atoms in total. The number of hydrogen-bond acceptors (Lipinski definition) is 3. The molecule has 29 heavy (non-hydrogen) atoms. The smallest absolute Gasteiger partial charge is 0.171 e. The Morgan fingerprint density at radius 3 is 2.48 bits per heavy atom. The highest BCUT2D eigenvalue weighted by atomic mass is 32.1. The van der Waals surface area contributed by atoms with Crippen LogP contribution in [0.4, 0.5) is 14.6 Å². The first-order chi connectivity index (χ1) is 13.9. The molecule has 2 aromatic carbocycles. The molecule has 2 aromatic rings. The van der Waals surface area contributed by atoms with Crippen molar-refractivity contribution >= 4 is 28.8 Å². The van der Waals surface area contributed by atoms with Gasteiger partial charge in [0.2, 0.25) is 0 Å². The van der Waals surface area contributed by atoms with Gasteiger partial charge in [0.05, 0.1) is 11.2 Å². The number of halogens is 2. The van der Waals surface area contributed by atoms with Gasteiger partial charge in [-0.1, -0.05) is 28.7 Å². The van der Waals surface area contributed by atoms with E-state index in [4.69, 9.17) is 12.2 Å². The Hall–Kier alpha value is -2.54. The molecule has 0 N–H and O–H groups in total. The highest BCUT2D eigenvalue weighted by Gasteiger charge is 2.47.